The van der Waals surface area contributed by atoms with E-state index in [2.05, 4.69) is 6.07 Å². The molecule has 0 saturated heterocycles. The number of nitrogens with two attached hydrogens (primary N) is 1. The van der Waals surface area contributed by atoms with Gasteiger partial charge in [0.2, 0.25) is 0 Å². The summed E-state index contributed by atoms with van der Waals surface area (Å²) in [6.45, 7) is 0. The Morgan fingerprint density at radius 3 is 2.92 bits per heavy atom. The molecule has 72 valence electrons. The number of rotatable bonds is 3. The molecule has 0 radical (unpaired) electrons. The average Bonchev–Trinajstić information content (AvgIpc) is 2.50. The Morgan fingerprint density at radius 1 is 1.62 bits per heavy atom. The molecule has 1 aliphatic carbocycles. The molecule has 0 unspecified atom stereocenters. The van der Waals surface area contributed by atoms with Crippen LogP contribution < -0.4 is 5.73 Å². The Morgan fingerprint density at radius 2 is 2.38 bits per heavy atom. The normalized spacial score (nSPS) is 32.9. The van der Waals surface area contributed by atoms with E-state index in [1.165, 1.54) is 4.88 Å². The first-order valence-corrected chi connectivity index (χ1v) is 5.53. The SMILES string of the molecule is NC1CC(F)(CCc2cccs2)C1. The van der Waals surface area contributed by atoms with Crippen molar-refractivity contribution in [3.05, 3.63) is 22.4 Å². The van der Waals surface area contributed by atoms with E-state index in [1.807, 2.05) is 11.4 Å². The summed E-state index contributed by atoms with van der Waals surface area (Å²) in [5.74, 6) is 0. The molecule has 3 heteroatoms. The van der Waals surface area contributed by atoms with Crippen molar-refractivity contribution in [2.75, 3.05) is 0 Å². The van der Waals surface area contributed by atoms with Gasteiger partial charge in [0, 0.05) is 10.9 Å². The Kier molecular flexibility index (Phi) is 2.39. The van der Waals surface area contributed by atoms with Crippen LogP contribution >= 0.6 is 11.3 Å². The second kappa shape index (κ2) is 3.39. The molecule has 2 rings (SSSR count). The fourth-order valence-corrected chi connectivity index (χ4v) is 2.60. The molecule has 1 aromatic rings. The van der Waals surface area contributed by atoms with E-state index < -0.39 is 5.67 Å². The van der Waals surface area contributed by atoms with E-state index in [9.17, 15) is 4.39 Å². The highest BCUT2D eigenvalue weighted by molar-refractivity contribution is 7.09. The van der Waals surface area contributed by atoms with E-state index in [-0.39, 0.29) is 6.04 Å². The maximum atomic E-state index is 13.7. The van der Waals surface area contributed by atoms with Crippen molar-refractivity contribution >= 4 is 11.3 Å². The highest BCUT2D eigenvalue weighted by Crippen LogP contribution is 2.39. The molecule has 0 aromatic carbocycles. The minimum atomic E-state index is -0.955. The van der Waals surface area contributed by atoms with Crippen LogP contribution in [0.5, 0.6) is 0 Å². The minimum absolute atomic E-state index is 0.105. The Labute approximate surface area is 81.8 Å². The summed E-state index contributed by atoms with van der Waals surface area (Å²) >= 11 is 1.70. The fraction of sp³-hybridized carbons (Fsp3) is 0.600. The summed E-state index contributed by atoms with van der Waals surface area (Å²) in [4.78, 5) is 1.28. The molecule has 1 aromatic heterocycles. The zero-order valence-electron chi connectivity index (χ0n) is 7.50. The van der Waals surface area contributed by atoms with Crippen LogP contribution in [0, 0.1) is 0 Å². The number of hydrogen-bond donors (Lipinski definition) is 1. The topological polar surface area (TPSA) is 26.0 Å². The maximum absolute atomic E-state index is 13.7. The van der Waals surface area contributed by atoms with Crippen LogP contribution in [0.4, 0.5) is 4.39 Å². The lowest BCUT2D eigenvalue weighted by Gasteiger charge is -2.39. The first-order valence-electron chi connectivity index (χ1n) is 4.65. The second-order valence-corrected chi connectivity index (χ2v) is 4.93. The van der Waals surface area contributed by atoms with Crippen molar-refractivity contribution < 1.29 is 4.39 Å². The van der Waals surface area contributed by atoms with Gasteiger partial charge in [-0.05, 0) is 37.1 Å². The van der Waals surface area contributed by atoms with Gasteiger partial charge in [0.05, 0.1) is 0 Å². The molecule has 13 heavy (non-hydrogen) atoms. The van der Waals surface area contributed by atoms with Crippen LogP contribution in [0.25, 0.3) is 0 Å². The zero-order valence-corrected chi connectivity index (χ0v) is 8.32. The summed E-state index contributed by atoms with van der Waals surface area (Å²) in [6.07, 6.45) is 2.61. The van der Waals surface area contributed by atoms with Crippen molar-refractivity contribution in [3.63, 3.8) is 0 Å². The van der Waals surface area contributed by atoms with Gasteiger partial charge in [-0.15, -0.1) is 11.3 Å². The third-order valence-electron chi connectivity index (χ3n) is 2.66. The third-order valence-corrected chi connectivity index (χ3v) is 3.59. The molecule has 1 nitrogen and oxygen atoms in total. The monoisotopic (exact) mass is 199 g/mol. The molecule has 1 saturated carbocycles. The molecule has 0 bridgehead atoms. The molecule has 0 spiro atoms. The quantitative estimate of drug-likeness (QED) is 0.795. The van der Waals surface area contributed by atoms with E-state index in [0.29, 0.717) is 19.3 Å². The molecule has 1 fully saturated rings. The number of halogens is 1. The van der Waals surface area contributed by atoms with E-state index in [0.717, 1.165) is 6.42 Å². The van der Waals surface area contributed by atoms with Crippen LogP contribution in [-0.2, 0) is 6.42 Å². The average molecular weight is 199 g/mol. The van der Waals surface area contributed by atoms with Gasteiger partial charge in [0.15, 0.2) is 0 Å². The van der Waals surface area contributed by atoms with Crippen molar-refractivity contribution in [2.45, 2.75) is 37.4 Å². The fourth-order valence-electron chi connectivity index (χ4n) is 1.89. The summed E-state index contributed by atoms with van der Waals surface area (Å²) in [5, 5.41) is 2.03. The standard InChI is InChI=1S/C10H14FNS/c11-10(6-8(12)7-10)4-3-9-2-1-5-13-9/h1-2,5,8H,3-4,6-7,12H2. The van der Waals surface area contributed by atoms with Crippen molar-refractivity contribution in [1.29, 1.82) is 0 Å². The molecule has 0 amide bonds. The molecule has 1 heterocycles. The van der Waals surface area contributed by atoms with Gasteiger partial charge >= 0.3 is 0 Å². The van der Waals surface area contributed by atoms with Gasteiger partial charge in [0.1, 0.15) is 5.67 Å². The molecule has 2 N–H and O–H groups in total. The zero-order chi connectivity index (χ0) is 9.31. The van der Waals surface area contributed by atoms with Gasteiger partial charge in [-0.1, -0.05) is 6.07 Å². The smallest absolute Gasteiger partial charge is 0.114 e. The lowest BCUT2D eigenvalue weighted by molar-refractivity contribution is 0.0356. The lowest BCUT2D eigenvalue weighted by atomic mass is 9.75. The van der Waals surface area contributed by atoms with Crippen LogP contribution in [0.15, 0.2) is 17.5 Å². The highest BCUT2D eigenvalue weighted by Gasteiger charge is 2.42. The van der Waals surface area contributed by atoms with Crippen molar-refractivity contribution in [1.82, 2.24) is 0 Å². The third kappa shape index (κ3) is 2.09. The molecular formula is C10H14FNS. The number of alkyl halides is 1. The predicted octanol–water partition coefficient (Wildman–Crippen LogP) is 2.51. The largest absolute Gasteiger partial charge is 0.327 e. The van der Waals surface area contributed by atoms with E-state index >= 15 is 0 Å². The maximum Gasteiger partial charge on any atom is 0.114 e. The van der Waals surface area contributed by atoms with Gasteiger partial charge in [-0.25, -0.2) is 4.39 Å². The summed E-state index contributed by atoms with van der Waals surface area (Å²) < 4.78 is 13.7. The second-order valence-electron chi connectivity index (χ2n) is 3.90. The van der Waals surface area contributed by atoms with Crippen LogP contribution in [0.3, 0.4) is 0 Å². The minimum Gasteiger partial charge on any atom is -0.327 e. The van der Waals surface area contributed by atoms with E-state index in [4.69, 9.17) is 5.73 Å². The van der Waals surface area contributed by atoms with Crippen LogP contribution in [0.2, 0.25) is 0 Å². The first kappa shape index (κ1) is 9.16. The Balaban J connectivity index is 1.80. The molecule has 0 atom stereocenters. The summed E-state index contributed by atoms with van der Waals surface area (Å²) in [5.41, 5.74) is 4.61. The van der Waals surface area contributed by atoms with Gasteiger partial charge in [0.25, 0.3) is 0 Å². The highest BCUT2D eigenvalue weighted by atomic mass is 32.1. The first-order chi connectivity index (χ1) is 6.18. The van der Waals surface area contributed by atoms with Crippen molar-refractivity contribution in [2.24, 2.45) is 5.73 Å². The predicted molar refractivity (Wildman–Crippen MR) is 53.7 cm³/mol. The number of thiophene rings is 1. The van der Waals surface area contributed by atoms with Gasteiger partial charge < -0.3 is 5.73 Å². The number of aryl methyl sites for hydroxylation is 1. The van der Waals surface area contributed by atoms with E-state index in [1.54, 1.807) is 11.3 Å². The summed E-state index contributed by atoms with van der Waals surface area (Å²) in [6, 6.07) is 4.18. The van der Waals surface area contributed by atoms with Gasteiger partial charge in [-0.3, -0.25) is 0 Å². The van der Waals surface area contributed by atoms with Crippen molar-refractivity contribution in [3.8, 4) is 0 Å². The van der Waals surface area contributed by atoms with Gasteiger partial charge in [-0.2, -0.15) is 0 Å². The van der Waals surface area contributed by atoms with Crippen LogP contribution in [0.1, 0.15) is 24.1 Å². The Bertz CT molecular complexity index is 264. The van der Waals surface area contributed by atoms with Crippen LogP contribution in [-0.4, -0.2) is 11.7 Å². The molecule has 1 aliphatic rings. The lowest BCUT2D eigenvalue weighted by Crippen LogP contribution is -2.48. The molecular weight excluding hydrogens is 185 g/mol. The molecule has 0 aliphatic heterocycles. The number of hydrogen-bond acceptors (Lipinski definition) is 2. The Hall–Kier alpha value is -0.410. The summed E-state index contributed by atoms with van der Waals surface area (Å²) in [7, 11) is 0.